The number of amides is 1. The van der Waals surface area contributed by atoms with Gasteiger partial charge >= 0.3 is 0 Å². The summed E-state index contributed by atoms with van der Waals surface area (Å²) in [6, 6.07) is 16.4. The van der Waals surface area contributed by atoms with E-state index < -0.39 is 5.72 Å². The Bertz CT molecular complexity index is 998. The number of benzene rings is 2. The zero-order valence-corrected chi connectivity index (χ0v) is 16.6. The molecule has 0 aromatic heterocycles. The first-order valence-electron chi connectivity index (χ1n) is 8.70. The highest BCUT2D eigenvalue weighted by Crippen LogP contribution is 2.51. The number of nitrogens with zero attached hydrogens (tertiary/aromatic N) is 2. The summed E-state index contributed by atoms with van der Waals surface area (Å²) in [5, 5.41) is 22.3. The molecule has 5 nitrogen and oxygen atoms in total. The van der Waals surface area contributed by atoms with E-state index in [-0.39, 0.29) is 24.0 Å². The molecule has 2 heterocycles. The van der Waals surface area contributed by atoms with Crippen LogP contribution in [0.15, 0.2) is 59.1 Å². The number of fused-ring (bicyclic) bond motifs is 1. The highest BCUT2D eigenvalue weighted by molar-refractivity contribution is 8.03. The van der Waals surface area contributed by atoms with Crippen LogP contribution in [0.5, 0.6) is 5.75 Å². The summed E-state index contributed by atoms with van der Waals surface area (Å²) in [4.78, 5) is 14.4. The van der Waals surface area contributed by atoms with E-state index >= 15 is 0 Å². The fraction of sp³-hybridized carbons (Fsp3) is 0.238. The van der Waals surface area contributed by atoms with Crippen molar-refractivity contribution in [2.24, 2.45) is 0 Å². The maximum Gasteiger partial charge on any atom is 0.231 e. The van der Waals surface area contributed by atoms with Crippen LogP contribution in [0, 0.1) is 11.3 Å². The molecule has 1 saturated heterocycles. The fourth-order valence-corrected chi connectivity index (χ4v) is 5.16. The van der Waals surface area contributed by atoms with Crippen LogP contribution < -0.4 is 4.74 Å². The molecular formula is C21H17ClN2O3S. The van der Waals surface area contributed by atoms with Crippen LogP contribution in [-0.4, -0.2) is 28.8 Å². The number of aliphatic hydroxyl groups is 1. The largest absolute Gasteiger partial charge is 0.497 e. The number of rotatable bonds is 3. The predicted molar refractivity (Wildman–Crippen MR) is 108 cm³/mol. The van der Waals surface area contributed by atoms with Gasteiger partial charge in [-0.05, 0) is 29.8 Å². The molecule has 1 fully saturated rings. The average Bonchev–Trinajstić information content (AvgIpc) is 3.08. The van der Waals surface area contributed by atoms with Crippen LogP contribution in [-0.2, 0) is 10.5 Å². The van der Waals surface area contributed by atoms with E-state index in [0.29, 0.717) is 26.9 Å². The number of thioether (sulfide) groups is 1. The van der Waals surface area contributed by atoms with Gasteiger partial charge in [-0.2, -0.15) is 5.26 Å². The summed E-state index contributed by atoms with van der Waals surface area (Å²) in [6.45, 7) is 0. The number of ether oxygens (including phenoxy) is 1. The second-order valence-electron chi connectivity index (χ2n) is 6.70. The van der Waals surface area contributed by atoms with Crippen LogP contribution >= 0.6 is 23.4 Å². The van der Waals surface area contributed by atoms with E-state index in [2.05, 4.69) is 6.07 Å². The number of hydrogen-bond acceptors (Lipinski definition) is 5. The monoisotopic (exact) mass is 412 g/mol. The lowest BCUT2D eigenvalue weighted by Gasteiger charge is -2.38. The first kappa shape index (κ1) is 18.9. The molecular weight excluding hydrogens is 396 g/mol. The Hall–Kier alpha value is -2.46. The third-order valence-electron chi connectivity index (χ3n) is 5.14. The molecule has 2 aromatic carbocycles. The Kier molecular flexibility index (Phi) is 4.84. The van der Waals surface area contributed by atoms with E-state index in [1.807, 2.05) is 12.1 Å². The minimum atomic E-state index is -1.49. The Morgan fingerprint density at radius 2 is 1.93 bits per heavy atom. The van der Waals surface area contributed by atoms with Crippen molar-refractivity contribution in [2.45, 2.75) is 18.1 Å². The number of carbonyl (C=O) groups excluding carboxylic acids is 1. The second kappa shape index (κ2) is 7.17. The van der Waals surface area contributed by atoms with Crippen LogP contribution in [0.4, 0.5) is 0 Å². The topological polar surface area (TPSA) is 73.6 Å². The summed E-state index contributed by atoms with van der Waals surface area (Å²) < 4.78 is 5.17. The first-order chi connectivity index (χ1) is 13.5. The van der Waals surface area contributed by atoms with Gasteiger partial charge < -0.3 is 9.84 Å². The molecule has 2 atom stereocenters. The molecule has 2 aromatic rings. The minimum absolute atomic E-state index is 0.118. The predicted octanol–water partition coefficient (Wildman–Crippen LogP) is 3.99. The molecule has 4 rings (SSSR count). The van der Waals surface area contributed by atoms with Crippen LogP contribution in [0.2, 0.25) is 5.02 Å². The van der Waals surface area contributed by atoms with Gasteiger partial charge in [0.1, 0.15) is 5.75 Å². The molecule has 1 amide bonds. The second-order valence-corrected chi connectivity index (χ2v) is 8.10. The van der Waals surface area contributed by atoms with Crippen LogP contribution in [0.25, 0.3) is 0 Å². The highest BCUT2D eigenvalue weighted by atomic mass is 35.5. The standard InChI is InChI=1S/C21H17ClN2O3S/c1-27-16-8-4-14(5-9-16)21(26)12-28-20-18(11-23)17(10-19(25)24(20)21)13-2-6-15(22)7-3-13/h2-9,17,26H,10,12H2,1H3/t17-,21-/m1/s1. The Balaban J connectivity index is 1.77. The number of carbonyl (C=O) groups is 1. The maximum absolute atomic E-state index is 13.1. The van der Waals surface area contributed by atoms with Gasteiger partial charge in [0.2, 0.25) is 5.91 Å². The minimum Gasteiger partial charge on any atom is -0.497 e. The third-order valence-corrected chi connectivity index (χ3v) is 6.61. The van der Waals surface area contributed by atoms with Gasteiger partial charge in [-0.1, -0.05) is 35.9 Å². The fourth-order valence-electron chi connectivity index (χ4n) is 3.68. The van der Waals surface area contributed by atoms with Gasteiger partial charge in [0.25, 0.3) is 0 Å². The number of halogens is 1. The third kappa shape index (κ3) is 2.96. The van der Waals surface area contributed by atoms with Crippen molar-refractivity contribution in [1.82, 2.24) is 4.90 Å². The van der Waals surface area contributed by atoms with Crippen molar-refractivity contribution in [3.63, 3.8) is 0 Å². The lowest BCUT2D eigenvalue weighted by atomic mass is 9.85. The lowest BCUT2D eigenvalue weighted by Crippen LogP contribution is -2.48. The molecule has 0 aliphatic carbocycles. The molecule has 142 valence electrons. The summed E-state index contributed by atoms with van der Waals surface area (Å²) in [7, 11) is 1.57. The molecule has 2 aliphatic rings. The Labute approximate surface area is 172 Å². The smallest absolute Gasteiger partial charge is 0.231 e. The SMILES string of the molecule is COc1ccc([C@]2(O)CSC3=C(C#N)[C@@H](c4ccc(Cl)cc4)CC(=O)N32)cc1. The molecule has 0 unspecified atom stereocenters. The van der Waals surface area contributed by atoms with E-state index in [1.165, 1.54) is 16.7 Å². The maximum atomic E-state index is 13.1. The van der Waals surface area contributed by atoms with Gasteiger partial charge in [-0.25, -0.2) is 0 Å². The van der Waals surface area contributed by atoms with Crippen molar-refractivity contribution < 1.29 is 14.6 Å². The summed E-state index contributed by atoms with van der Waals surface area (Å²) in [6.07, 6.45) is 0.118. The molecule has 7 heteroatoms. The van der Waals surface area contributed by atoms with Crippen molar-refractivity contribution in [3.05, 3.63) is 75.3 Å². The van der Waals surface area contributed by atoms with Crippen molar-refractivity contribution >= 4 is 29.3 Å². The van der Waals surface area contributed by atoms with Crippen LogP contribution in [0.1, 0.15) is 23.5 Å². The molecule has 0 radical (unpaired) electrons. The van der Waals surface area contributed by atoms with E-state index in [0.717, 1.165) is 5.56 Å². The van der Waals surface area contributed by atoms with E-state index in [4.69, 9.17) is 16.3 Å². The Morgan fingerprint density at radius 1 is 1.25 bits per heavy atom. The molecule has 0 bridgehead atoms. The van der Waals surface area contributed by atoms with Crippen molar-refractivity contribution in [1.29, 1.82) is 5.26 Å². The Morgan fingerprint density at radius 3 is 2.54 bits per heavy atom. The zero-order valence-electron chi connectivity index (χ0n) is 15.1. The van der Waals surface area contributed by atoms with Gasteiger partial charge in [0.15, 0.2) is 5.72 Å². The van der Waals surface area contributed by atoms with Gasteiger partial charge in [0.05, 0.1) is 29.5 Å². The zero-order chi connectivity index (χ0) is 19.9. The molecule has 1 N–H and O–H groups in total. The molecule has 0 saturated carbocycles. The normalized spacial score (nSPS) is 24.1. The number of nitriles is 1. The van der Waals surface area contributed by atoms with Gasteiger partial charge in [-0.15, -0.1) is 11.8 Å². The average molecular weight is 413 g/mol. The number of methoxy groups -OCH3 is 1. The van der Waals surface area contributed by atoms with E-state index in [1.54, 1.807) is 43.5 Å². The summed E-state index contributed by atoms with van der Waals surface area (Å²) >= 11 is 7.30. The molecule has 0 spiro atoms. The van der Waals surface area contributed by atoms with Crippen molar-refractivity contribution in [3.8, 4) is 11.8 Å². The first-order valence-corrected chi connectivity index (χ1v) is 10.1. The van der Waals surface area contributed by atoms with Crippen molar-refractivity contribution in [2.75, 3.05) is 12.9 Å². The number of hydrogen-bond donors (Lipinski definition) is 1. The number of allylic oxidation sites excluding steroid dienone is 1. The van der Waals surface area contributed by atoms with E-state index in [9.17, 15) is 15.2 Å². The highest BCUT2D eigenvalue weighted by Gasteiger charge is 2.51. The molecule has 28 heavy (non-hydrogen) atoms. The summed E-state index contributed by atoms with van der Waals surface area (Å²) in [5.41, 5.74) is 0.459. The quantitative estimate of drug-likeness (QED) is 0.825. The summed E-state index contributed by atoms with van der Waals surface area (Å²) in [5.74, 6) is 0.377. The lowest BCUT2D eigenvalue weighted by molar-refractivity contribution is -0.149. The molecule has 2 aliphatic heterocycles. The van der Waals surface area contributed by atoms with Gasteiger partial charge in [-0.3, -0.25) is 9.69 Å². The van der Waals surface area contributed by atoms with Gasteiger partial charge in [0, 0.05) is 22.9 Å². The van der Waals surface area contributed by atoms with Crippen LogP contribution in [0.3, 0.4) is 0 Å².